The van der Waals surface area contributed by atoms with Gasteiger partial charge in [-0.25, -0.2) is 15.0 Å². The fourth-order valence-corrected chi connectivity index (χ4v) is 1.43. The second-order valence-electron chi connectivity index (χ2n) is 3.85. The van der Waals surface area contributed by atoms with Crippen molar-refractivity contribution in [2.24, 2.45) is 5.92 Å². The van der Waals surface area contributed by atoms with Crippen LogP contribution >= 0.6 is 0 Å². The number of fused-ring (bicyclic) bond motifs is 1. The average molecular weight is 190 g/mol. The summed E-state index contributed by atoms with van der Waals surface area (Å²) in [5.74, 6) is 0.697. The molecule has 0 fully saturated rings. The van der Waals surface area contributed by atoms with Crippen LogP contribution < -0.4 is 0 Å². The molecule has 1 N–H and O–H groups in total. The van der Waals surface area contributed by atoms with Crippen LogP contribution in [0.25, 0.3) is 11.2 Å². The third-order valence-corrected chi connectivity index (χ3v) is 2.26. The van der Waals surface area contributed by atoms with Crippen LogP contribution in [0.5, 0.6) is 0 Å². The molecular formula is C10H14N4. The highest BCUT2D eigenvalue weighted by Gasteiger charge is 2.05. The number of rotatable bonds is 3. The van der Waals surface area contributed by atoms with Gasteiger partial charge in [0, 0.05) is 0 Å². The van der Waals surface area contributed by atoms with E-state index in [1.165, 1.54) is 0 Å². The molecule has 0 unspecified atom stereocenters. The van der Waals surface area contributed by atoms with Gasteiger partial charge < -0.3 is 4.98 Å². The first-order valence-corrected chi connectivity index (χ1v) is 4.90. The van der Waals surface area contributed by atoms with Gasteiger partial charge in [-0.3, -0.25) is 0 Å². The predicted octanol–water partition coefficient (Wildman–Crippen LogP) is 1.94. The maximum Gasteiger partial charge on any atom is 0.180 e. The molecule has 2 aromatic heterocycles. The monoisotopic (exact) mass is 190 g/mol. The van der Waals surface area contributed by atoms with Gasteiger partial charge in [0.25, 0.3) is 0 Å². The van der Waals surface area contributed by atoms with Gasteiger partial charge in [0.2, 0.25) is 0 Å². The van der Waals surface area contributed by atoms with Gasteiger partial charge in [0.1, 0.15) is 11.8 Å². The molecule has 14 heavy (non-hydrogen) atoms. The largest absolute Gasteiger partial charge is 0.342 e. The smallest absolute Gasteiger partial charge is 0.180 e. The highest BCUT2D eigenvalue weighted by molar-refractivity contribution is 5.71. The van der Waals surface area contributed by atoms with Crippen LogP contribution in [-0.4, -0.2) is 19.9 Å². The SMILES string of the molecule is CC(C)CCc1ncnc2nc[nH]c12. The molecule has 2 aromatic rings. The third kappa shape index (κ3) is 1.73. The minimum atomic E-state index is 0.697. The zero-order chi connectivity index (χ0) is 9.97. The van der Waals surface area contributed by atoms with E-state index in [0.29, 0.717) is 5.92 Å². The van der Waals surface area contributed by atoms with Gasteiger partial charge in [-0.05, 0) is 18.8 Å². The number of aromatic nitrogens is 4. The molecule has 74 valence electrons. The second-order valence-corrected chi connectivity index (χ2v) is 3.85. The average Bonchev–Trinajstić information content (AvgIpc) is 2.62. The summed E-state index contributed by atoms with van der Waals surface area (Å²) in [5, 5.41) is 0. The summed E-state index contributed by atoms with van der Waals surface area (Å²) in [6, 6.07) is 0. The number of nitrogens with one attached hydrogen (secondary N) is 1. The highest BCUT2D eigenvalue weighted by Crippen LogP contribution is 2.13. The van der Waals surface area contributed by atoms with E-state index in [-0.39, 0.29) is 0 Å². The summed E-state index contributed by atoms with van der Waals surface area (Å²) in [4.78, 5) is 15.5. The Morgan fingerprint density at radius 2 is 2.14 bits per heavy atom. The minimum Gasteiger partial charge on any atom is -0.342 e. The van der Waals surface area contributed by atoms with Crippen molar-refractivity contribution >= 4 is 11.2 Å². The Kier molecular flexibility index (Phi) is 2.43. The first kappa shape index (κ1) is 9.12. The molecule has 0 atom stereocenters. The van der Waals surface area contributed by atoms with E-state index in [2.05, 4.69) is 33.8 Å². The molecule has 0 spiro atoms. The summed E-state index contributed by atoms with van der Waals surface area (Å²) >= 11 is 0. The number of hydrogen-bond acceptors (Lipinski definition) is 3. The van der Waals surface area contributed by atoms with Gasteiger partial charge in [0.15, 0.2) is 5.65 Å². The van der Waals surface area contributed by atoms with Gasteiger partial charge in [-0.2, -0.15) is 0 Å². The zero-order valence-electron chi connectivity index (χ0n) is 8.49. The van der Waals surface area contributed by atoms with Crippen LogP contribution in [0.1, 0.15) is 26.0 Å². The normalized spacial score (nSPS) is 11.4. The van der Waals surface area contributed by atoms with Crippen LogP contribution in [0.15, 0.2) is 12.7 Å². The molecule has 0 saturated carbocycles. The van der Waals surface area contributed by atoms with Crippen molar-refractivity contribution in [3.8, 4) is 0 Å². The van der Waals surface area contributed by atoms with Crippen molar-refractivity contribution in [1.29, 1.82) is 0 Å². The van der Waals surface area contributed by atoms with E-state index < -0.39 is 0 Å². The summed E-state index contributed by atoms with van der Waals surface area (Å²) < 4.78 is 0. The van der Waals surface area contributed by atoms with E-state index in [1.807, 2.05) is 0 Å². The number of aryl methyl sites for hydroxylation is 1. The molecule has 4 nitrogen and oxygen atoms in total. The molecular weight excluding hydrogens is 176 g/mol. The molecule has 0 aromatic carbocycles. The minimum absolute atomic E-state index is 0.697. The summed E-state index contributed by atoms with van der Waals surface area (Å²) in [6.07, 6.45) is 5.38. The fourth-order valence-electron chi connectivity index (χ4n) is 1.43. The van der Waals surface area contributed by atoms with Crippen LogP contribution in [0.4, 0.5) is 0 Å². The standard InChI is InChI=1S/C10H14N4/c1-7(2)3-4-8-9-10(13-5-11-8)14-6-12-9/h5-7H,3-4H2,1-2H3,(H,11,12,13,14). The van der Waals surface area contributed by atoms with Gasteiger partial charge in [-0.15, -0.1) is 0 Å². The lowest BCUT2D eigenvalue weighted by molar-refractivity contribution is 0.582. The number of H-pyrrole nitrogens is 1. The topological polar surface area (TPSA) is 54.5 Å². The maximum atomic E-state index is 4.27. The molecule has 4 heteroatoms. The van der Waals surface area contributed by atoms with Crippen LogP contribution in [0.2, 0.25) is 0 Å². The van der Waals surface area contributed by atoms with Gasteiger partial charge in [0.05, 0.1) is 12.0 Å². The summed E-state index contributed by atoms with van der Waals surface area (Å²) in [6.45, 7) is 4.43. The molecule has 0 amide bonds. The summed E-state index contributed by atoms with van der Waals surface area (Å²) in [7, 11) is 0. The first-order valence-electron chi connectivity index (χ1n) is 4.90. The lowest BCUT2D eigenvalue weighted by Gasteiger charge is -2.03. The Hall–Kier alpha value is -1.45. The lowest BCUT2D eigenvalue weighted by Crippen LogP contribution is -1.97. The van der Waals surface area contributed by atoms with Gasteiger partial charge in [-0.1, -0.05) is 13.8 Å². The highest BCUT2D eigenvalue weighted by atomic mass is 15.0. The quantitative estimate of drug-likeness (QED) is 0.804. The molecule has 0 aliphatic carbocycles. The lowest BCUT2D eigenvalue weighted by atomic mass is 10.1. The maximum absolute atomic E-state index is 4.27. The molecule has 2 rings (SSSR count). The first-order chi connectivity index (χ1) is 6.77. The van der Waals surface area contributed by atoms with E-state index in [4.69, 9.17) is 0 Å². The molecule has 0 aliphatic rings. The fraction of sp³-hybridized carbons (Fsp3) is 0.500. The Labute approximate surface area is 82.8 Å². The van der Waals surface area contributed by atoms with Crippen LogP contribution in [0.3, 0.4) is 0 Å². The van der Waals surface area contributed by atoms with E-state index in [1.54, 1.807) is 12.7 Å². The van der Waals surface area contributed by atoms with Crippen molar-refractivity contribution in [2.75, 3.05) is 0 Å². The van der Waals surface area contributed by atoms with Crippen molar-refractivity contribution in [1.82, 2.24) is 19.9 Å². The van der Waals surface area contributed by atoms with Crippen molar-refractivity contribution in [2.45, 2.75) is 26.7 Å². The Bertz CT molecular complexity index is 419. The second kappa shape index (κ2) is 3.74. The Balaban J connectivity index is 2.27. The third-order valence-electron chi connectivity index (χ3n) is 2.26. The molecule has 0 aliphatic heterocycles. The van der Waals surface area contributed by atoms with Crippen molar-refractivity contribution < 1.29 is 0 Å². The number of aromatic amines is 1. The molecule has 0 bridgehead atoms. The summed E-state index contributed by atoms with van der Waals surface area (Å²) in [5.41, 5.74) is 2.81. The zero-order valence-corrected chi connectivity index (χ0v) is 8.49. The van der Waals surface area contributed by atoms with E-state index in [0.717, 1.165) is 29.7 Å². The van der Waals surface area contributed by atoms with Crippen molar-refractivity contribution in [3.05, 3.63) is 18.3 Å². The van der Waals surface area contributed by atoms with Crippen LogP contribution in [0, 0.1) is 5.92 Å². The molecule has 2 heterocycles. The predicted molar refractivity (Wildman–Crippen MR) is 54.8 cm³/mol. The Morgan fingerprint density at radius 1 is 1.29 bits per heavy atom. The molecule has 0 saturated heterocycles. The Morgan fingerprint density at radius 3 is 2.93 bits per heavy atom. The van der Waals surface area contributed by atoms with E-state index >= 15 is 0 Å². The van der Waals surface area contributed by atoms with Crippen molar-refractivity contribution in [3.63, 3.8) is 0 Å². The number of nitrogens with zero attached hydrogens (tertiary/aromatic N) is 3. The van der Waals surface area contributed by atoms with Crippen LogP contribution in [-0.2, 0) is 6.42 Å². The number of imidazole rings is 1. The number of hydrogen-bond donors (Lipinski definition) is 1. The van der Waals surface area contributed by atoms with Gasteiger partial charge >= 0.3 is 0 Å². The van der Waals surface area contributed by atoms with E-state index in [9.17, 15) is 0 Å². The molecule has 0 radical (unpaired) electrons.